The van der Waals surface area contributed by atoms with Crippen LogP contribution in [0, 0.1) is 11.3 Å². The van der Waals surface area contributed by atoms with Gasteiger partial charge in [-0.05, 0) is 43.2 Å². The van der Waals surface area contributed by atoms with Crippen LogP contribution < -0.4 is 10.1 Å². The van der Waals surface area contributed by atoms with Crippen molar-refractivity contribution in [2.75, 3.05) is 11.9 Å². The predicted molar refractivity (Wildman–Crippen MR) is 77.2 cm³/mol. The zero-order chi connectivity index (χ0) is 13.2. The molecule has 1 fully saturated rings. The van der Waals surface area contributed by atoms with E-state index in [4.69, 9.17) is 4.74 Å². The molecular formula is C16H25NO. The Bertz CT molecular complexity index is 396. The predicted octanol–water partition coefficient (Wildman–Crippen LogP) is 4.32. The van der Waals surface area contributed by atoms with Crippen molar-refractivity contribution in [1.29, 1.82) is 0 Å². The summed E-state index contributed by atoms with van der Waals surface area (Å²) in [6, 6.07) is 8.75. The van der Waals surface area contributed by atoms with Gasteiger partial charge in [-0.15, -0.1) is 0 Å². The van der Waals surface area contributed by atoms with E-state index in [9.17, 15) is 0 Å². The van der Waals surface area contributed by atoms with E-state index >= 15 is 0 Å². The molecule has 0 radical (unpaired) electrons. The minimum atomic E-state index is 0.477. The highest BCUT2D eigenvalue weighted by Gasteiger charge is 2.42. The second-order valence-electron chi connectivity index (χ2n) is 6.22. The van der Waals surface area contributed by atoms with Gasteiger partial charge in [-0.3, -0.25) is 0 Å². The van der Waals surface area contributed by atoms with Crippen molar-refractivity contribution < 1.29 is 4.74 Å². The van der Waals surface area contributed by atoms with Crippen LogP contribution in [0.15, 0.2) is 24.3 Å². The minimum absolute atomic E-state index is 0.477. The summed E-state index contributed by atoms with van der Waals surface area (Å²) < 4.78 is 5.87. The molecule has 1 aliphatic rings. The van der Waals surface area contributed by atoms with Crippen molar-refractivity contribution in [1.82, 2.24) is 0 Å². The Morgan fingerprint density at radius 1 is 1.22 bits per heavy atom. The van der Waals surface area contributed by atoms with Gasteiger partial charge in [-0.25, -0.2) is 0 Å². The van der Waals surface area contributed by atoms with Crippen molar-refractivity contribution in [2.45, 2.75) is 46.6 Å². The molecule has 1 N–H and O–H groups in total. The SMILES string of the molecule is CC(C)COc1ccccc1NC(C)C1(C)CC1. The fourth-order valence-corrected chi connectivity index (χ4v) is 2.01. The molecule has 0 aliphatic heterocycles. The number of rotatable bonds is 6. The highest BCUT2D eigenvalue weighted by atomic mass is 16.5. The quantitative estimate of drug-likeness (QED) is 0.808. The summed E-state index contributed by atoms with van der Waals surface area (Å²) in [4.78, 5) is 0. The van der Waals surface area contributed by atoms with E-state index in [2.05, 4.69) is 45.1 Å². The Balaban J connectivity index is 2.02. The van der Waals surface area contributed by atoms with Crippen molar-refractivity contribution in [3.63, 3.8) is 0 Å². The normalized spacial score (nSPS) is 18.5. The first kappa shape index (κ1) is 13.3. The Hall–Kier alpha value is -1.18. The Morgan fingerprint density at radius 2 is 1.89 bits per heavy atom. The van der Waals surface area contributed by atoms with Crippen LogP contribution in [0.5, 0.6) is 5.75 Å². The van der Waals surface area contributed by atoms with Crippen LogP contribution in [0.25, 0.3) is 0 Å². The summed E-state index contributed by atoms with van der Waals surface area (Å²) in [6.07, 6.45) is 2.66. The molecule has 0 spiro atoms. The maximum atomic E-state index is 5.87. The van der Waals surface area contributed by atoms with E-state index < -0.39 is 0 Å². The molecule has 1 saturated carbocycles. The first-order chi connectivity index (χ1) is 8.51. The van der Waals surface area contributed by atoms with Gasteiger partial charge in [0.1, 0.15) is 5.75 Å². The maximum absolute atomic E-state index is 5.87. The summed E-state index contributed by atoms with van der Waals surface area (Å²) >= 11 is 0. The molecule has 1 aromatic rings. The molecule has 0 amide bonds. The first-order valence-corrected chi connectivity index (χ1v) is 6.99. The van der Waals surface area contributed by atoms with Gasteiger partial charge in [0.25, 0.3) is 0 Å². The molecule has 2 nitrogen and oxygen atoms in total. The summed E-state index contributed by atoms with van der Waals surface area (Å²) in [7, 11) is 0. The van der Waals surface area contributed by atoms with Gasteiger partial charge in [0, 0.05) is 6.04 Å². The number of anilines is 1. The molecule has 0 heterocycles. The second-order valence-corrected chi connectivity index (χ2v) is 6.22. The van der Waals surface area contributed by atoms with E-state index in [-0.39, 0.29) is 0 Å². The summed E-state index contributed by atoms with van der Waals surface area (Å²) in [5.41, 5.74) is 1.60. The van der Waals surface area contributed by atoms with Crippen LogP contribution in [0.3, 0.4) is 0 Å². The maximum Gasteiger partial charge on any atom is 0.142 e. The molecule has 18 heavy (non-hydrogen) atoms. The summed E-state index contributed by atoms with van der Waals surface area (Å²) in [5.74, 6) is 1.53. The molecule has 1 atom stereocenters. The minimum Gasteiger partial charge on any atom is -0.491 e. The number of para-hydroxylation sites is 2. The molecule has 100 valence electrons. The average Bonchev–Trinajstić information content (AvgIpc) is 3.07. The number of hydrogen-bond acceptors (Lipinski definition) is 2. The van der Waals surface area contributed by atoms with Gasteiger partial charge >= 0.3 is 0 Å². The van der Waals surface area contributed by atoms with Crippen LogP contribution in [0.2, 0.25) is 0 Å². The average molecular weight is 247 g/mol. The largest absolute Gasteiger partial charge is 0.491 e. The lowest BCUT2D eigenvalue weighted by Gasteiger charge is -2.23. The van der Waals surface area contributed by atoms with E-state index in [0.29, 0.717) is 17.4 Å². The van der Waals surface area contributed by atoms with Crippen molar-refractivity contribution >= 4 is 5.69 Å². The third-order valence-corrected chi connectivity index (χ3v) is 3.92. The summed E-state index contributed by atoms with van der Waals surface area (Å²) in [6.45, 7) is 9.73. The van der Waals surface area contributed by atoms with Crippen LogP contribution in [0.1, 0.15) is 40.5 Å². The zero-order valence-electron chi connectivity index (χ0n) is 12.0. The van der Waals surface area contributed by atoms with E-state index in [1.807, 2.05) is 12.1 Å². The van der Waals surface area contributed by atoms with Gasteiger partial charge in [-0.2, -0.15) is 0 Å². The number of hydrogen-bond donors (Lipinski definition) is 1. The number of nitrogens with one attached hydrogen (secondary N) is 1. The number of benzene rings is 1. The molecule has 0 aromatic heterocycles. The van der Waals surface area contributed by atoms with Crippen molar-refractivity contribution in [2.24, 2.45) is 11.3 Å². The van der Waals surface area contributed by atoms with Gasteiger partial charge in [0.15, 0.2) is 0 Å². The lowest BCUT2D eigenvalue weighted by atomic mass is 10.0. The lowest BCUT2D eigenvalue weighted by Crippen LogP contribution is -2.25. The Morgan fingerprint density at radius 3 is 2.50 bits per heavy atom. The third-order valence-electron chi connectivity index (χ3n) is 3.92. The van der Waals surface area contributed by atoms with Gasteiger partial charge in [-0.1, -0.05) is 32.9 Å². The Kier molecular flexibility index (Phi) is 3.84. The fourth-order valence-electron chi connectivity index (χ4n) is 2.01. The molecular weight excluding hydrogens is 222 g/mol. The smallest absolute Gasteiger partial charge is 0.142 e. The second kappa shape index (κ2) is 5.21. The highest BCUT2D eigenvalue weighted by molar-refractivity contribution is 5.57. The zero-order valence-corrected chi connectivity index (χ0v) is 12.0. The topological polar surface area (TPSA) is 21.3 Å². The molecule has 2 heteroatoms. The third kappa shape index (κ3) is 3.18. The van der Waals surface area contributed by atoms with Crippen LogP contribution in [-0.4, -0.2) is 12.6 Å². The number of ether oxygens (including phenoxy) is 1. The van der Waals surface area contributed by atoms with Crippen molar-refractivity contribution in [3.05, 3.63) is 24.3 Å². The standard InChI is InChI=1S/C16H25NO/c1-12(2)11-18-15-8-6-5-7-14(15)17-13(3)16(4)9-10-16/h5-8,12-13,17H,9-11H2,1-4H3. The monoisotopic (exact) mass is 247 g/mol. The van der Waals surface area contributed by atoms with Gasteiger partial charge in [0.05, 0.1) is 12.3 Å². The van der Waals surface area contributed by atoms with Crippen LogP contribution in [-0.2, 0) is 0 Å². The molecule has 2 rings (SSSR count). The van der Waals surface area contributed by atoms with E-state index in [0.717, 1.165) is 18.0 Å². The van der Waals surface area contributed by atoms with Crippen molar-refractivity contribution in [3.8, 4) is 5.75 Å². The van der Waals surface area contributed by atoms with Gasteiger partial charge < -0.3 is 10.1 Å². The lowest BCUT2D eigenvalue weighted by molar-refractivity contribution is 0.272. The Labute approximate surface area is 111 Å². The van der Waals surface area contributed by atoms with Crippen LogP contribution in [0.4, 0.5) is 5.69 Å². The molecule has 0 saturated heterocycles. The highest BCUT2D eigenvalue weighted by Crippen LogP contribution is 2.49. The molecule has 1 unspecified atom stereocenters. The van der Waals surface area contributed by atoms with E-state index in [1.54, 1.807) is 0 Å². The van der Waals surface area contributed by atoms with Gasteiger partial charge in [0.2, 0.25) is 0 Å². The van der Waals surface area contributed by atoms with E-state index in [1.165, 1.54) is 12.8 Å². The van der Waals surface area contributed by atoms with Crippen LogP contribution >= 0.6 is 0 Å². The summed E-state index contributed by atoms with van der Waals surface area (Å²) in [5, 5.41) is 3.61. The fraction of sp³-hybridized carbons (Fsp3) is 0.625. The first-order valence-electron chi connectivity index (χ1n) is 6.99. The molecule has 1 aromatic carbocycles. The molecule has 1 aliphatic carbocycles. The molecule has 0 bridgehead atoms.